The number of aliphatic carboxylic acids is 1. The van der Waals surface area contributed by atoms with E-state index in [1.165, 1.54) is 55.9 Å². The van der Waals surface area contributed by atoms with Crippen molar-refractivity contribution in [3.63, 3.8) is 0 Å². The lowest BCUT2D eigenvalue weighted by Crippen LogP contribution is -2.09. The molecular weight excluding hydrogens is 841 g/mol. The molecule has 314 valence electrons. The van der Waals surface area contributed by atoms with Gasteiger partial charge in [-0.25, -0.2) is 4.79 Å². The van der Waals surface area contributed by atoms with E-state index in [2.05, 4.69) is 185 Å². The fourth-order valence-corrected chi connectivity index (χ4v) is 8.73. The molecule has 0 fully saturated rings. The second-order valence-corrected chi connectivity index (χ2v) is 15.7. The van der Waals surface area contributed by atoms with Crippen LogP contribution in [-0.2, 0) is 17.6 Å². The summed E-state index contributed by atoms with van der Waals surface area (Å²) < 4.78 is 6.56. The van der Waals surface area contributed by atoms with E-state index in [0.717, 1.165) is 51.0 Å². The molecular formula is C57H51BrN2O3. The first-order valence-electron chi connectivity index (χ1n) is 21.0. The van der Waals surface area contributed by atoms with Gasteiger partial charge in [-0.15, -0.1) is 0 Å². The van der Waals surface area contributed by atoms with Crippen LogP contribution in [0.5, 0.6) is 5.75 Å². The zero-order valence-electron chi connectivity index (χ0n) is 34.7. The topological polar surface area (TPSA) is 78.1 Å². The van der Waals surface area contributed by atoms with Crippen molar-refractivity contribution in [1.82, 2.24) is 9.97 Å². The molecule has 0 atom stereocenters. The Balaban J connectivity index is 0.000000195. The first-order chi connectivity index (χ1) is 30.4. The summed E-state index contributed by atoms with van der Waals surface area (Å²) in [5.74, 6) is -0.469. The molecule has 0 radical (unpaired) electrons. The summed E-state index contributed by atoms with van der Waals surface area (Å²) in [6.07, 6.45) is 1.82. The van der Waals surface area contributed by atoms with E-state index in [1.807, 2.05) is 42.5 Å². The summed E-state index contributed by atoms with van der Waals surface area (Å²) in [4.78, 5) is 18.5. The zero-order valence-corrected chi connectivity index (χ0v) is 36.3. The molecule has 2 aromatic heterocycles. The third kappa shape index (κ3) is 9.67. The number of aromatic nitrogens is 2. The summed E-state index contributed by atoms with van der Waals surface area (Å²) in [6, 6.07) is 66.5. The lowest BCUT2D eigenvalue weighted by Gasteiger charge is -2.13. The third-order valence-corrected chi connectivity index (χ3v) is 11.7. The number of ether oxygens (including phenoxy) is 1. The molecule has 0 saturated carbocycles. The number of carboxylic acid groups (broad SMARTS) is 1. The van der Waals surface area contributed by atoms with Gasteiger partial charge in [0.1, 0.15) is 5.75 Å². The van der Waals surface area contributed by atoms with E-state index in [4.69, 9.17) is 9.84 Å². The van der Waals surface area contributed by atoms with E-state index in [9.17, 15) is 4.79 Å². The van der Waals surface area contributed by atoms with Gasteiger partial charge in [-0.2, -0.15) is 0 Å². The van der Waals surface area contributed by atoms with E-state index in [1.54, 1.807) is 6.07 Å². The highest BCUT2D eigenvalue weighted by Crippen LogP contribution is 2.45. The zero-order chi connectivity index (χ0) is 42.8. The van der Waals surface area contributed by atoms with Crippen LogP contribution in [0.2, 0.25) is 0 Å². The van der Waals surface area contributed by atoms with Crippen LogP contribution >= 0.6 is 15.9 Å². The van der Waals surface area contributed by atoms with Gasteiger partial charge >= 0.3 is 5.97 Å². The standard InChI is InChI=1S/C32H27NO3.C24H20BrN.CH4/c1-2-26-30(22-12-5-3-6-13-22)31(23-14-7-4-8-15-23)33-32(26)28-19-10-9-18-27(28)24-16-11-17-25(20-24)36-21-29(34)35;1-2-19-22(17-11-5-3-6-12-17)23(18-13-7-4-8-14-18)26-24(19)20-15-9-10-16-21(20)25;/h3-20,33H,2,21H2,1H3,(H,34,35);3-16,26H,2H2,1H3;1H4. The molecule has 63 heavy (non-hydrogen) atoms. The molecule has 7 aromatic carbocycles. The molecule has 6 heteroatoms. The highest BCUT2D eigenvalue weighted by atomic mass is 79.9. The average Bonchev–Trinajstić information content (AvgIpc) is 3.92. The number of halogens is 1. The Bertz CT molecular complexity index is 2900. The van der Waals surface area contributed by atoms with Crippen LogP contribution in [0.4, 0.5) is 0 Å². The minimum Gasteiger partial charge on any atom is -0.482 e. The van der Waals surface area contributed by atoms with Crippen molar-refractivity contribution in [1.29, 1.82) is 0 Å². The number of hydrogen-bond donors (Lipinski definition) is 3. The smallest absolute Gasteiger partial charge is 0.341 e. The van der Waals surface area contributed by atoms with E-state index < -0.39 is 5.97 Å². The predicted octanol–water partition coefficient (Wildman–Crippen LogP) is 15.7. The normalized spacial score (nSPS) is 10.7. The maximum absolute atomic E-state index is 11.0. The van der Waals surface area contributed by atoms with Crippen LogP contribution < -0.4 is 4.74 Å². The molecule has 0 spiro atoms. The second-order valence-electron chi connectivity index (χ2n) is 14.9. The molecule has 0 aliphatic rings. The Hall–Kier alpha value is -7.15. The van der Waals surface area contributed by atoms with Crippen LogP contribution in [0.15, 0.2) is 199 Å². The van der Waals surface area contributed by atoms with Crippen LogP contribution in [-0.4, -0.2) is 27.7 Å². The monoisotopic (exact) mass is 890 g/mol. The molecule has 5 nitrogen and oxygen atoms in total. The number of nitrogens with one attached hydrogen (secondary N) is 2. The fourth-order valence-electron chi connectivity index (χ4n) is 8.25. The fraction of sp³-hybridized carbons (Fsp3) is 0.105. The van der Waals surface area contributed by atoms with Gasteiger partial charge in [-0.1, -0.05) is 213 Å². The molecule has 9 aromatic rings. The molecule has 0 unspecified atom stereocenters. The van der Waals surface area contributed by atoms with E-state index in [0.29, 0.717) is 5.75 Å². The Morgan fingerprint density at radius 2 is 0.873 bits per heavy atom. The van der Waals surface area contributed by atoms with Crippen molar-refractivity contribution in [3.8, 4) is 84.2 Å². The van der Waals surface area contributed by atoms with Crippen LogP contribution in [0.1, 0.15) is 32.4 Å². The summed E-state index contributed by atoms with van der Waals surface area (Å²) >= 11 is 3.72. The third-order valence-electron chi connectivity index (χ3n) is 11.0. The Morgan fingerprint density at radius 3 is 1.33 bits per heavy atom. The molecule has 0 saturated heterocycles. The maximum Gasteiger partial charge on any atom is 0.341 e. The lowest BCUT2D eigenvalue weighted by molar-refractivity contribution is -0.139. The van der Waals surface area contributed by atoms with Crippen molar-refractivity contribution < 1.29 is 14.6 Å². The number of H-pyrrole nitrogens is 2. The summed E-state index contributed by atoms with van der Waals surface area (Å²) in [6.45, 7) is 4.05. The number of hydrogen-bond acceptors (Lipinski definition) is 2. The number of carboxylic acids is 1. The van der Waals surface area contributed by atoms with Crippen LogP contribution in [0.3, 0.4) is 0 Å². The number of benzene rings is 7. The summed E-state index contributed by atoms with van der Waals surface area (Å²) in [5.41, 5.74) is 18.7. The molecule has 2 heterocycles. The van der Waals surface area contributed by atoms with Gasteiger partial charge in [0.2, 0.25) is 0 Å². The van der Waals surface area contributed by atoms with Gasteiger partial charge in [0.05, 0.1) is 22.8 Å². The van der Waals surface area contributed by atoms with Crippen molar-refractivity contribution in [2.45, 2.75) is 34.1 Å². The van der Waals surface area contributed by atoms with Gasteiger partial charge in [0, 0.05) is 26.7 Å². The highest BCUT2D eigenvalue weighted by molar-refractivity contribution is 9.10. The molecule has 0 amide bonds. The van der Waals surface area contributed by atoms with Crippen LogP contribution in [0, 0.1) is 0 Å². The first kappa shape index (κ1) is 43.9. The van der Waals surface area contributed by atoms with Crippen LogP contribution in [0.25, 0.3) is 78.4 Å². The van der Waals surface area contributed by atoms with Crippen molar-refractivity contribution in [3.05, 3.63) is 210 Å². The van der Waals surface area contributed by atoms with Gasteiger partial charge in [-0.3, -0.25) is 0 Å². The molecule has 9 rings (SSSR count). The predicted molar refractivity (Wildman–Crippen MR) is 266 cm³/mol. The molecule has 3 N–H and O–H groups in total. The minimum absolute atomic E-state index is 0. The van der Waals surface area contributed by atoms with Gasteiger partial charge in [-0.05, 0) is 75.5 Å². The largest absolute Gasteiger partial charge is 0.482 e. The maximum atomic E-state index is 11.0. The quantitative estimate of drug-likeness (QED) is 0.114. The number of carbonyl (C=O) groups is 1. The highest BCUT2D eigenvalue weighted by Gasteiger charge is 2.23. The Kier molecular flexibility index (Phi) is 14.4. The Labute approximate surface area is 379 Å². The van der Waals surface area contributed by atoms with Crippen molar-refractivity contribution in [2.24, 2.45) is 0 Å². The molecule has 0 bridgehead atoms. The van der Waals surface area contributed by atoms with Crippen molar-refractivity contribution in [2.75, 3.05) is 6.61 Å². The average molecular weight is 892 g/mol. The van der Waals surface area contributed by atoms with Crippen molar-refractivity contribution >= 4 is 21.9 Å². The summed E-state index contributed by atoms with van der Waals surface area (Å²) in [7, 11) is 0. The molecule has 0 aliphatic carbocycles. The first-order valence-corrected chi connectivity index (χ1v) is 21.7. The summed E-state index contributed by atoms with van der Waals surface area (Å²) in [5, 5.41) is 9.00. The molecule has 0 aliphatic heterocycles. The van der Waals surface area contributed by atoms with Gasteiger partial charge in [0.25, 0.3) is 0 Å². The SMILES string of the molecule is C.CCc1c(-c2ccccc2-c2cccc(OCC(=O)O)c2)[nH]c(-c2ccccc2)c1-c1ccccc1.CCc1c(-c2ccccc2Br)[nH]c(-c2ccccc2)c1-c1ccccc1. The van der Waals surface area contributed by atoms with Gasteiger partial charge in [0.15, 0.2) is 6.61 Å². The van der Waals surface area contributed by atoms with E-state index in [-0.39, 0.29) is 14.0 Å². The van der Waals surface area contributed by atoms with E-state index >= 15 is 0 Å². The Morgan fingerprint density at radius 1 is 0.476 bits per heavy atom. The number of rotatable bonds is 12. The minimum atomic E-state index is -0.998. The second kappa shape index (κ2) is 20.6. The van der Waals surface area contributed by atoms with Gasteiger partial charge < -0.3 is 19.8 Å². The number of aromatic amines is 2. The lowest BCUT2D eigenvalue weighted by atomic mass is 9.91.